The zero-order chi connectivity index (χ0) is 29.2. The Bertz CT molecular complexity index is 1170. The number of rotatable bonds is 11. The lowest BCUT2D eigenvalue weighted by atomic mass is 9.96. The molecule has 0 radical (unpaired) electrons. The van der Waals surface area contributed by atoms with E-state index >= 15 is 0 Å². The largest absolute Gasteiger partial charge is 0.389 e. The third-order valence-corrected chi connectivity index (χ3v) is 8.19. The van der Waals surface area contributed by atoms with Crippen molar-refractivity contribution in [3.63, 3.8) is 0 Å². The number of aliphatic hydroxyl groups excluding tert-OH is 1. The lowest BCUT2D eigenvalue weighted by Crippen LogP contribution is -2.53. The molecule has 2 atom stereocenters. The Hall–Kier alpha value is -3.59. The summed E-state index contributed by atoms with van der Waals surface area (Å²) in [4.78, 5) is 42.7. The second kappa shape index (κ2) is 14.9. The van der Waals surface area contributed by atoms with Crippen molar-refractivity contribution in [2.75, 3.05) is 36.9 Å². The quantitative estimate of drug-likeness (QED) is 0.325. The van der Waals surface area contributed by atoms with Crippen LogP contribution in [0.4, 0.5) is 16.2 Å². The summed E-state index contributed by atoms with van der Waals surface area (Å²) in [6.45, 7) is 3.05. The highest BCUT2D eigenvalue weighted by molar-refractivity contribution is 5.99. The Morgan fingerprint density at radius 3 is 2.49 bits per heavy atom. The number of nitrogens with zero attached hydrogens (tertiary/aromatic N) is 2. The van der Waals surface area contributed by atoms with Gasteiger partial charge in [-0.1, -0.05) is 49.6 Å². The van der Waals surface area contributed by atoms with E-state index in [1.54, 1.807) is 29.0 Å². The summed E-state index contributed by atoms with van der Waals surface area (Å²) in [5.74, 6) is -0.290. The van der Waals surface area contributed by atoms with Crippen molar-refractivity contribution in [1.82, 2.24) is 15.5 Å². The SMILES string of the molecule is CCN(C[C@H](O)[C@H](Cc1ccccc1)NC(=O)c1cc(NC)cc(N2CCCCC2=O)c1)C(=O)NC1CCCCC1. The lowest BCUT2D eigenvalue weighted by molar-refractivity contribution is -0.119. The Kier molecular flexibility index (Phi) is 11.0. The molecule has 4 rings (SSSR count). The predicted molar refractivity (Wildman–Crippen MR) is 162 cm³/mol. The standard InChI is InChI=1S/C32H45N5O4/c1-3-36(32(41)34-25-14-8-5-9-15-25)22-29(38)28(18-23-12-6-4-7-13-23)35-31(40)24-19-26(33-2)21-27(20-24)37-17-11-10-16-30(37)39/h4,6-7,12-13,19-21,25,28-29,33,38H,3,5,8-11,14-18,22H2,1-2H3,(H,34,41)(H,35,40)/t28-,29-/m0/s1. The van der Waals surface area contributed by atoms with Gasteiger partial charge in [-0.2, -0.15) is 0 Å². The van der Waals surface area contributed by atoms with Crippen LogP contribution in [-0.4, -0.2) is 72.7 Å². The van der Waals surface area contributed by atoms with Gasteiger partial charge in [-0.05, 0) is 62.8 Å². The molecule has 9 heteroatoms. The Balaban J connectivity index is 1.51. The fraction of sp³-hybridized carbons (Fsp3) is 0.531. The number of likely N-dealkylation sites (N-methyl/N-ethyl adjacent to an activating group) is 1. The molecule has 1 heterocycles. The van der Waals surface area contributed by atoms with Crippen LogP contribution in [0.15, 0.2) is 48.5 Å². The van der Waals surface area contributed by atoms with E-state index < -0.39 is 12.1 Å². The van der Waals surface area contributed by atoms with Gasteiger partial charge >= 0.3 is 6.03 Å². The molecule has 222 valence electrons. The number of nitrogens with one attached hydrogen (secondary N) is 3. The van der Waals surface area contributed by atoms with E-state index in [-0.39, 0.29) is 30.4 Å². The monoisotopic (exact) mass is 563 g/mol. The normalized spacial score (nSPS) is 17.4. The zero-order valence-electron chi connectivity index (χ0n) is 24.4. The first-order valence-corrected chi connectivity index (χ1v) is 15.1. The third-order valence-electron chi connectivity index (χ3n) is 8.19. The highest BCUT2D eigenvalue weighted by Gasteiger charge is 2.28. The molecule has 1 aliphatic heterocycles. The second-order valence-electron chi connectivity index (χ2n) is 11.2. The maximum Gasteiger partial charge on any atom is 0.317 e. The summed E-state index contributed by atoms with van der Waals surface area (Å²) in [7, 11) is 1.78. The first-order valence-electron chi connectivity index (χ1n) is 15.1. The van der Waals surface area contributed by atoms with Crippen LogP contribution in [0.1, 0.15) is 74.2 Å². The van der Waals surface area contributed by atoms with E-state index in [0.717, 1.165) is 49.8 Å². The summed E-state index contributed by atoms with van der Waals surface area (Å²) in [5, 5.41) is 20.7. The minimum Gasteiger partial charge on any atom is -0.389 e. The van der Waals surface area contributed by atoms with E-state index in [1.165, 1.54) is 6.42 Å². The molecule has 4 N–H and O–H groups in total. The number of piperidine rings is 1. The predicted octanol–water partition coefficient (Wildman–Crippen LogP) is 4.31. The van der Waals surface area contributed by atoms with Gasteiger partial charge in [-0.25, -0.2) is 4.79 Å². The fourth-order valence-corrected chi connectivity index (χ4v) is 5.75. The molecule has 9 nitrogen and oxygen atoms in total. The topological polar surface area (TPSA) is 114 Å². The third kappa shape index (κ3) is 8.45. The first kappa shape index (κ1) is 30.4. The van der Waals surface area contributed by atoms with Gasteiger partial charge in [-0.3, -0.25) is 9.59 Å². The average molecular weight is 564 g/mol. The highest BCUT2D eigenvalue weighted by atomic mass is 16.3. The molecule has 0 spiro atoms. The van der Waals surface area contributed by atoms with Crippen molar-refractivity contribution in [2.45, 2.75) is 82.9 Å². The van der Waals surface area contributed by atoms with E-state index in [0.29, 0.717) is 37.2 Å². The minimum atomic E-state index is -0.994. The van der Waals surface area contributed by atoms with Crippen LogP contribution >= 0.6 is 0 Å². The van der Waals surface area contributed by atoms with E-state index in [1.807, 2.05) is 43.3 Å². The molecule has 2 aromatic carbocycles. The number of carbonyl (C=O) groups is 3. The molecule has 4 amide bonds. The summed E-state index contributed by atoms with van der Waals surface area (Å²) in [6.07, 6.45) is 7.11. The maximum absolute atomic E-state index is 13.6. The van der Waals surface area contributed by atoms with Gasteiger partial charge in [0.15, 0.2) is 0 Å². The number of hydrogen-bond acceptors (Lipinski definition) is 5. The highest BCUT2D eigenvalue weighted by Crippen LogP contribution is 2.26. The van der Waals surface area contributed by atoms with Gasteiger partial charge in [0.2, 0.25) is 5.91 Å². The minimum absolute atomic E-state index is 0.0550. The Labute approximate surface area is 243 Å². The maximum atomic E-state index is 13.6. The number of carbonyl (C=O) groups excluding carboxylic acids is 3. The van der Waals surface area contributed by atoms with E-state index in [9.17, 15) is 19.5 Å². The van der Waals surface area contributed by atoms with Crippen LogP contribution in [-0.2, 0) is 11.2 Å². The van der Waals surface area contributed by atoms with Gasteiger partial charge in [0, 0.05) is 49.5 Å². The summed E-state index contributed by atoms with van der Waals surface area (Å²) >= 11 is 0. The average Bonchev–Trinajstić information content (AvgIpc) is 3.00. The summed E-state index contributed by atoms with van der Waals surface area (Å²) in [6, 6.07) is 14.4. The molecule has 1 aliphatic carbocycles. The van der Waals surface area contributed by atoms with Crippen molar-refractivity contribution in [3.05, 3.63) is 59.7 Å². The van der Waals surface area contributed by atoms with Crippen LogP contribution in [0, 0.1) is 0 Å². The van der Waals surface area contributed by atoms with Crippen LogP contribution in [0.3, 0.4) is 0 Å². The number of urea groups is 1. The number of benzene rings is 2. The van der Waals surface area contributed by atoms with Gasteiger partial charge < -0.3 is 30.9 Å². The Morgan fingerprint density at radius 1 is 1.05 bits per heavy atom. The van der Waals surface area contributed by atoms with E-state index in [4.69, 9.17) is 0 Å². The van der Waals surface area contributed by atoms with Crippen LogP contribution in [0.5, 0.6) is 0 Å². The first-order chi connectivity index (χ1) is 19.9. The summed E-state index contributed by atoms with van der Waals surface area (Å²) < 4.78 is 0. The molecule has 41 heavy (non-hydrogen) atoms. The molecule has 0 unspecified atom stereocenters. The Morgan fingerprint density at radius 2 is 1.80 bits per heavy atom. The van der Waals surface area contributed by atoms with E-state index in [2.05, 4.69) is 16.0 Å². The molecule has 1 saturated carbocycles. The van der Waals surface area contributed by atoms with Gasteiger partial charge in [0.25, 0.3) is 5.91 Å². The molecule has 2 fully saturated rings. The number of amides is 4. The number of hydrogen-bond donors (Lipinski definition) is 4. The molecular weight excluding hydrogens is 518 g/mol. The molecule has 0 aromatic heterocycles. The van der Waals surface area contributed by atoms with Crippen molar-refractivity contribution in [1.29, 1.82) is 0 Å². The number of anilines is 2. The van der Waals surface area contributed by atoms with Gasteiger partial charge in [0.05, 0.1) is 18.7 Å². The molecule has 2 aliphatic rings. The molecule has 0 bridgehead atoms. The lowest BCUT2D eigenvalue weighted by Gasteiger charge is -2.32. The van der Waals surface area contributed by atoms with Crippen LogP contribution in [0.25, 0.3) is 0 Å². The van der Waals surface area contributed by atoms with Crippen molar-refractivity contribution < 1.29 is 19.5 Å². The van der Waals surface area contributed by atoms with Crippen LogP contribution < -0.4 is 20.9 Å². The van der Waals surface area contributed by atoms with Gasteiger partial charge in [-0.15, -0.1) is 0 Å². The number of aliphatic hydroxyl groups is 1. The summed E-state index contributed by atoms with van der Waals surface area (Å²) in [5.41, 5.74) is 2.78. The molecule has 1 saturated heterocycles. The second-order valence-corrected chi connectivity index (χ2v) is 11.2. The van der Waals surface area contributed by atoms with Gasteiger partial charge in [0.1, 0.15) is 0 Å². The van der Waals surface area contributed by atoms with Crippen molar-refractivity contribution in [2.24, 2.45) is 0 Å². The molecular formula is C32H45N5O4. The smallest absolute Gasteiger partial charge is 0.317 e. The van der Waals surface area contributed by atoms with Crippen LogP contribution in [0.2, 0.25) is 0 Å². The van der Waals surface area contributed by atoms with Crippen molar-refractivity contribution >= 4 is 29.2 Å². The fourth-order valence-electron chi connectivity index (χ4n) is 5.75. The molecule has 2 aromatic rings. The van der Waals surface area contributed by atoms with Crippen molar-refractivity contribution in [3.8, 4) is 0 Å². The zero-order valence-corrected chi connectivity index (χ0v) is 24.4.